The highest BCUT2D eigenvalue weighted by Crippen LogP contribution is 1.79. The van der Waals surface area contributed by atoms with E-state index in [9.17, 15) is 10.1 Å². The van der Waals surface area contributed by atoms with Crippen LogP contribution in [0, 0.1) is 10.1 Å². The average molecular weight is 186 g/mol. The van der Waals surface area contributed by atoms with Crippen LogP contribution in [-0.2, 0) is 0 Å². The smallest absolute Gasteiger partial charge is 0.245 e. The van der Waals surface area contributed by atoms with E-state index in [0.29, 0.717) is 6.20 Å². The maximum Gasteiger partial charge on any atom is 0.245 e. The zero-order chi connectivity index (χ0) is 9.23. The Hall–Kier alpha value is -1.35. The lowest BCUT2D eigenvalue weighted by molar-refractivity contribution is -0.402. The number of benzene rings is 1. The van der Waals surface area contributed by atoms with Crippen LogP contribution in [0.1, 0.15) is 0 Å². The van der Waals surface area contributed by atoms with Gasteiger partial charge in [-0.1, -0.05) is 48.0 Å². The number of nitro groups is 1. The van der Waals surface area contributed by atoms with Crippen LogP contribution in [-0.4, -0.2) is 4.92 Å². The summed E-state index contributed by atoms with van der Waals surface area (Å²) in [5.41, 5.74) is 0.847. The molecule has 0 aromatic heterocycles. The van der Waals surface area contributed by atoms with Gasteiger partial charge in [-0.25, -0.2) is 0 Å². The summed E-state index contributed by atoms with van der Waals surface area (Å²) < 4.78 is 0. The molecule has 1 aromatic carbocycles. The van der Waals surface area contributed by atoms with Crippen LogP contribution in [0.5, 0.6) is 0 Å². The molecule has 4 heteroatoms. The monoisotopic (exact) mass is 185 g/mol. The van der Waals surface area contributed by atoms with Gasteiger partial charge in [-0.2, -0.15) is 0 Å². The van der Waals surface area contributed by atoms with E-state index in [0.717, 1.165) is 5.54 Å². The van der Waals surface area contributed by atoms with E-state index in [1.807, 2.05) is 36.4 Å². The van der Waals surface area contributed by atoms with E-state index in [2.05, 4.69) is 0 Å². The Balaban J connectivity index is 0.000000202. The summed E-state index contributed by atoms with van der Waals surface area (Å²) in [6.07, 6.45) is 0.654. The van der Waals surface area contributed by atoms with Crippen LogP contribution in [0.4, 0.5) is 0 Å². The van der Waals surface area contributed by atoms with Crippen molar-refractivity contribution in [2.75, 3.05) is 0 Å². The fraction of sp³-hybridized carbons (Fsp3) is 0. The molecule has 0 heterocycles. The second-order valence-corrected chi connectivity index (χ2v) is 1.97. The normalized spacial score (nSPS) is 8.75. The van der Waals surface area contributed by atoms with Crippen LogP contribution < -0.4 is 0 Å². The molecule has 0 spiro atoms. The Bertz CT molecular complexity index is 209. The minimum absolute atomic E-state index is 0.632. The molecule has 0 unspecified atom stereocenters. The van der Waals surface area contributed by atoms with Gasteiger partial charge in [0.05, 0.1) is 10.5 Å². The van der Waals surface area contributed by atoms with Crippen LogP contribution in [0.25, 0.3) is 0 Å². The van der Waals surface area contributed by atoms with Gasteiger partial charge < -0.3 is 0 Å². The summed E-state index contributed by atoms with van der Waals surface area (Å²) >= 11 is 4.77. The summed E-state index contributed by atoms with van der Waals surface area (Å²) in [4.78, 5) is 8.60. The second-order valence-electron chi connectivity index (χ2n) is 1.72. The lowest BCUT2D eigenvalue weighted by atomic mass is 10.4. The third-order valence-electron chi connectivity index (χ3n) is 0.845. The van der Waals surface area contributed by atoms with Crippen LogP contribution in [0.2, 0.25) is 0 Å². The molecule has 0 bridgehead atoms. The molecule has 1 rings (SSSR count). The van der Waals surface area contributed by atoms with Gasteiger partial charge in [0.1, 0.15) is 0 Å². The first-order valence-corrected chi connectivity index (χ1v) is 3.61. The van der Waals surface area contributed by atoms with Gasteiger partial charge in [0.2, 0.25) is 6.20 Å². The summed E-state index contributed by atoms with van der Waals surface area (Å²) in [6.45, 7) is 0. The van der Waals surface area contributed by atoms with Crippen molar-refractivity contribution in [2.45, 2.75) is 0 Å². The minimum Gasteiger partial charge on any atom is -0.259 e. The molecule has 0 amide bonds. The van der Waals surface area contributed by atoms with Gasteiger partial charge >= 0.3 is 0 Å². The standard InChI is InChI=1S/C6H6.C2H2ClNO2/c1-2-4-6-5-3-1;3-1-2-4(5)6/h1-6H;1-2H. The molecule has 0 aliphatic heterocycles. The maximum absolute atomic E-state index is 9.23. The summed E-state index contributed by atoms with van der Waals surface area (Å²) in [6, 6.07) is 12.0. The predicted octanol–water partition coefficient (Wildman–Crippen LogP) is 2.66. The number of nitrogens with zero attached hydrogens (tertiary/aromatic N) is 1. The molecule has 12 heavy (non-hydrogen) atoms. The predicted molar refractivity (Wildman–Crippen MR) is 48.4 cm³/mol. The van der Waals surface area contributed by atoms with E-state index in [4.69, 9.17) is 11.6 Å². The first-order valence-electron chi connectivity index (χ1n) is 3.17. The van der Waals surface area contributed by atoms with Crippen molar-refractivity contribution < 1.29 is 4.92 Å². The highest BCUT2D eigenvalue weighted by Gasteiger charge is 1.75. The van der Waals surface area contributed by atoms with Crippen molar-refractivity contribution in [3.63, 3.8) is 0 Å². The SMILES string of the molecule is O=[N+]([O-])C=CCl.c1ccccc1. The third kappa shape index (κ3) is 8.65. The number of rotatable bonds is 1. The summed E-state index contributed by atoms with van der Waals surface area (Å²) in [5, 5.41) is 9.23. The first kappa shape index (κ1) is 10.7. The van der Waals surface area contributed by atoms with Gasteiger partial charge in [-0.15, -0.1) is 0 Å². The molecule has 0 N–H and O–H groups in total. The molecule has 0 aliphatic rings. The van der Waals surface area contributed by atoms with Crippen molar-refractivity contribution in [3.05, 3.63) is 58.2 Å². The fourth-order valence-corrected chi connectivity index (χ4v) is 0.523. The van der Waals surface area contributed by atoms with Gasteiger partial charge in [-0.3, -0.25) is 10.1 Å². The largest absolute Gasteiger partial charge is 0.259 e. The molecule has 1 aromatic rings. The van der Waals surface area contributed by atoms with Gasteiger partial charge in [0.25, 0.3) is 0 Å². The van der Waals surface area contributed by atoms with Crippen molar-refractivity contribution >= 4 is 11.6 Å². The molecule has 64 valence electrons. The molecule has 0 fully saturated rings. The lowest BCUT2D eigenvalue weighted by Crippen LogP contribution is -1.78. The van der Waals surface area contributed by atoms with Crippen molar-refractivity contribution in [1.82, 2.24) is 0 Å². The first-order chi connectivity index (χ1) is 5.77. The van der Waals surface area contributed by atoms with Crippen molar-refractivity contribution in [1.29, 1.82) is 0 Å². The van der Waals surface area contributed by atoms with E-state index in [1.165, 1.54) is 0 Å². The van der Waals surface area contributed by atoms with Crippen LogP contribution >= 0.6 is 11.6 Å². The molecule has 0 atom stereocenters. The number of hydrogen-bond donors (Lipinski definition) is 0. The maximum atomic E-state index is 9.23. The molecule has 0 radical (unpaired) electrons. The zero-order valence-electron chi connectivity index (χ0n) is 6.26. The Kier molecular flexibility index (Phi) is 6.88. The van der Waals surface area contributed by atoms with E-state index in [-0.39, 0.29) is 0 Å². The molecular weight excluding hydrogens is 178 g/mol. The fourth-order valence-electron chi connectivity index (χ4n) is 0.431. The van der Waals surface area contributed by atoms with Gasteiger partial charge in [-0.05, 0) is 0 Å². The molecule has 0 saturated heterocycles. The van der Waals surface area contributed by atoms with Crippen LogP contribution in [0.3, 0.4) is 0 Å². The Morgan fingerprint density at radius 2 is 1.42 bits per heavy atom. The molecule has 0 aliphatic carbocycles. The zero-order valence-corrected chi connectivity index (χ0v) is 7.02. The van der Waals surface area contributed by atoms with E-state index < -0.39 is 4.92 Å². The number of halogens is 1. The third-order valence-corrected chi connectivity index (χ3v) is 0.957. The highest BCUT2D eigenvalue weighted by atomic mass is 35.5. The average Bonchev–Trinajstić information content (AvgIpc) is 2.08. The molecular formula is C8H8ClNO2. The molecule has 3 nitrogen and oxygen atoms in total. The van der Waals surface area contributed by atoms with Crippen molar-refractivity contribution in [2.24, 2.45) is 0 Å². The van der Waals surface area contributed by atoms with Gasteiger partial charge in [0, 0.05) is 0 Å². The highest BCUT2D eigenvalue weighted by molar-refractivity contribution is 6.25. The Morgan fingerprint density at radius 1 is 1.08 bits per heavy atom. The molecule has 0 saturated carbocycles. The lowest BCUT2D eigenvalue weighted by Gasteiger charge is -1.69. The van der Waals surface area contributed by atoms with Crippen LogP contribution in [0.15, 0.2) is 48.1 Å². The minimum atomic E-state index is -0.632. The van der Waals surface area contributed by atoms with E-state index in [1.54, 1.807) is 0 Å². The second kappa shape index (κ2) is 7.75. The van der Waals surface area contributed by atoms with Crippen molar-refractivity contribution in [3.8, 4) is 0 Å². The summed E-state index contributed by atoms with van der Waals surface area (Å²) in [5.74, 6) is 0. The topological polar surface area (TPSA) is 43.1 Å². The number of hydrogen-bond acceptors (Lipinski definition) is 2. The Labute approximate surface area is 75.4 Å². The summed E-state index contributed by atoms with van der Waals surface area (Å²) in [7, 11) is 0. The quantitative estimate of drug-likeness (QED) is 0.499. The van der Waals surface area contributed by atoms with E-state index >= 15 is 0 Å². The van der Waals surface area contributed by atoms with Gasteiger partial charge in [0.15, 0.2) is 0 Å². The Morgan fingerprint density at radius 3 is 1.50 bits per heavy atom.